The molecule has 0 saturated carbocycles. The number of thioether (sulfide) groups is 1. The van der Waals surface area contributed by atoms with Gasteiger partial charge < -0.3 is 10.6 Å². The molecule has 3 nitrogen and oxygen atoms in total. The van der Waals surface area contributed by atoms with Crippen LogP contribution in [0.5, 0.6) is 0 Å². The first kappa shape index (κ1) is 15.4. The summed E-state index contributed by atoms with van der Waals surface area (Å²) in [5, 5.41) is 6.90. The Bertz CT molecular complexity index is 442. The number of carbonyl (C=O) groups excluding carboxylic acids is 1. The van der Waals surface area contributed by atoms with Crippen molar-refractivity contribution in [2.45, 2.75) is 55.3 Å². The molecule has 2 unspecified atom stereocenters. The fraction of sp³-hybridized carbons (Fsp3) is 0.562. The average Bonchev–Trinajstić information content (AvgIpc) is 2.38. The second kappa shape index (κ2) is 6.64. The Morgan fingerprint density at radius 2 is 2.00 bits per heavy atom. The van der Waals surface area contributed by atoms with Gasteiger partial charge in [-0.3, -0.25) is 4.79 Å². The lowest BCUT2D eigenvalue weighted by Crippen LogP contribution is -2.53. The van der Waals surface area contributed by atoms with Crippen LogP contribution < -0.4 is 10.6 Å². The molecule has 1 aliphatic heterocycles. The van der Waals surface area contributed by atoms with Gasteiger partial charge in [0.15, 0.2) is 0 Å². The van der Waals surface area contributed by atoms with Crippen LogP contribution in [0, 0.1) is 0 Å². The molecule has 0 spiro atoms. The van der Waals surface area contributed by atoms with Crippen molar-refractivity contribution >= 4 is 17.7 Å². The van der Waals surface area contributed by atoms with E-state index < -0.39 is 0 Å². The minimum absolute atomic E-state index is 0.0656. The van der Waals surface area contributed by atoms with Crippen molar-refractivity contribution in [2.75, 3.05) is 6.54 Å². The van der Waals surface area contributed by atoms with Crippen LogP contribution in [0.4, 0.5) is 0 Å². The van der Waals surface area contributed by atoms with Gasteiger partial charge in [0.05, 0.1) is 6.04 Å². The molecule has 20 heavy (non-hydrogen) atoms. The average molecular weight is 292 g/mol. The van der Waals surface area contributed by atoms with Crippen molar-refractivity contribution < 1.29 is 4.79 Å². The number of hydrogen-bond donors (Lipinski definition) is 2. The molecule has 0 aliphatic carbocycles. The summed E-state index contributed by atoms with van der Waals surface area (Å²) >= 11 is 1.88. The highest BCUT2D eigenvalue weighted by molar-refractivity contribution is 8.00. The lowest BCUT2D eigenvalue weighted by atomic mass is 10.0. The maximum atomic E-state index is 12.2. The van der Waals surface area contributed by atoms with Crippen LogP contribution in [-0.4, -0.2) is 29.3 Å². The van der Waals surface area contributed by atoms with E-state index in [4.69, 9.17) is 0 Å². The minimum Gasteiger partial charge on any atom is -0.350 e. The van der Waals surface area contributed by atoms with Crippen LogP contribution in [0.15, 0.2) is 35.2 Å². The fourth-order valence-electron chi connectivity index (χ4n) is 2.34. The predicted octanol–water partition coefficient (Wildman–Crippen LogP) is 2.81. The number of hydrogen-bond acceptors (Lipinski definition) is 3. The number of benzene rings is 1. The summed E-state index contributed by atoms with van der Waals surface area (Å²) in [7, 11) is 0. The predicted molar refractivity (Wildman–Crippen MR) is 85.0 cm³/mol. The number of rotatable bonds is 3. The molecule has 1 heterocycles. The van der Waals surface area contributed by atoms with Crippen LogP contribution in [-0.2, 0) is 4.79 Å². The second-order valence-corrected chi connectivity index (χ2v) is 7.70. The van der Waals surface area contributed by atoms with Crippen LogP contribution in [0.3, 0.4) is 0 Å². The van der Waals surface area contributed by atoms with Gasteiger partial charge in [0.25, 0.3) is 0 Å². The Hall–Kier alpha value is -1.00. The lowest BCUT2D eigenvalue weighted by molar-refractivity contribution is -0.125. The van der Waals surface area contributed by atoms with E-state index >= 15 is 0 Å². The monoisotopic (exact) mass is 292 g/mol. The zero-order valence-corrected chi connectivity index (χ0v) is 13.3. The van der Waals surface area contributed by atoms with E-state index in [0.29, 0.717) is 5.25 Å². The quantitative estimate of drug-likeness (QED) is 0.900. The SMILES string of the molecule is CC(C)(C)NC(=O)C1CC(Sc2ccccc2)CCN1. The Balaban J connectivity index is 1.90. The van der Waals surface area contributed by atoms with E-state index in [1.807, 2.05) is 38.6 Å². The first-order chi connectivity index (χ1) is 9.44. The van der Waals surface area contributed by atoms with Gasteiger partial charge in [-0.1, -0.05) is 18.2 Å². The highest BCUT2D eigenvalue weighted by Gasteiger charge is 2.29. The molecule has 0 radical (unpaired) electrons. The molecule has 1 fully saturated rings. The number of amides is 1. The third kappa shape index (κ3) is 4.84. The molecule has 0 aromatic heterocycles. The van der Waals surface area contributed by atoms with Gasteiger partial charge in [0.2, 0.25) is 5.91 Å². The van der Waals surface area contributed by atoms with Gasteiger partial charge in [-0.2, -0.15) is 0 Å². The van der Waals surface area contributed by atoms with Crippen molar-refractivity contribution in [3.63, 3.8) is 0 Å². The fourth-order valence-corrected chi connectivity index (χ4v) is 3.56. The summed E-state index contributed by atoms with van der Waals surface area (Å²) in [5.41, 5.74) is -0.168. The molecule has 1 aromatic rings. The molecule has 1 saturated heterocycles. The third-order valence-electron chi connectivity index (χ3n) is 3.22. The summed E-state index contributed by atoms with van der Waals surface area (Å²) in [4.78, 5) is 13.5. The molecule has 1 aromatic carbocycles. The summed E-state index contributed by atoms with van der Waals surface area (Å²) in [6.45, 7) is 6.96. The van der Waals surface area contributed by atoms with Gasteiger partial charge >= 0.3 is 0 Å². The first-order valence-corrected chi connectivity index (χ1v) is 8.09. The molecule has 1 amide bonds. The molecule has 2 atom stereocenters. The van der Waals surface area contributed by atoms with Crippen molar-refractivity contribution in [1.82, 2.24) is 10.6 Å². The zero-order valence-electron chi connectivity index (χ0n) is 12.5. The lowest BCUT2D eigenvalue weighted by Gasteiger charge is -2.31. The summed E-state index contributed by atoms with van der Waals surface area (Å²) < 4.78 is 0. The number of nitrogens with one attached hydrogen (secondary N) is 2. The Morgan fingerprint density at radius 3 is 2.65 bits per heavy atom. The Morgan fingerprint density at radius 1 is 1.30 bits per heavy atom. The molecule has 4 heteroatoms. The second-order valence-electron chi connectivity index (χ2n) is 6.32. The third-order valence-corrected chi connectivity index (χ3v) is 4.52. The zero-order chi connectivity index (χ0) is 14.6. The van der Waals surface area contributed by atoms with E-state index in [1.165, 1.54) is 4.90 Å². The molecular weight excluding hydrogens is 268 g/mol. The van der Waals surface area contributed by atoms with Gasteiger partial charge in [-0.05, 0) is 52.3 Å². The van der Waals surface area contributed by atoms with Crippen molar-refractivity contribution in [2.24, 2.45) is 0 Å². The Kier molecular flexibility index (Phi) is 5.11. The molecule has 0 bridgehead atoms. The number of piperidine rings is 1. The van der Waals surface area contributed by atoms with E-state index in [-0.39, 0.29) is 17.5 Å². The maximum Gasteiger partial charge on any atom is 0.237 e. The van der Waals surface area contributed by atoms with E-state index in [1.54, 1.807) is 0 Å². The van der Waals surface area contributed by atoms with Gasteiger partial charge in [-0.25, -0.2) is 0 Å². The molecule has 1 aliphatic rings. The maximum absolute atomic E-state index is 12.2. The van der Waals surface area contributed by atoms with Crippen LogP contribution in [0.25, 0.3) is 0 Å². The van der Waals surface area contributed by atoms with Gasteiger partial charge in [-0.15, -0.1) is 11.8 Å². The highest BCUT2D eigenvalue weighted by atomic mass is 32.2. The highest BCUT2D eigenvalue weighted by Crippen LogP contribution is 2.30. The standard InChI is InChI=1S/C16H24N2OS/c1-16(2,3)18-15(19)14-11-13(9-10-17-14)20-12-7-5-4-6-8-12/h4-8,13-14,17H,9-11H2,1-3H3,(H,18,19). The summed E-state index contributed by atoms with van der Waals surface area (Å²) in [5.74, 6) is 0.121. The molecule has 2 rings (SSSR count). The van der Waals surface area contributed by atoms with Crippen LogP contribution in [0.1, 0.15) is 33.6 Å². The number of carbonyl (C=O) groups is 1. The normalized spacial score (nSPS) is 23.4. The molecule has 2 N–H and O–H groups in total. The van der Waals surface area contributed by atoms with E-state index in [2.05, 4.69) is 34.9 Å². The van der Waals surface area contributed by atoms with Crippen LogP contribution in [0.2, 0.25) is 0 Å². The summed E-state index contributed by atoms with van der Waals surface area (Å²) in [6.07, 6.45) is 2.00. The van der Waals surface area contributed by atoms with Crippen molar-refractivity contribution in [3.05, 3.63) is 30.3 Å². The van der Waals surface area contributed by atoms with E-state index in [0.717, 1.165) is 19.4 Å². The smallest absolute Gasteiger partial charge is 0.237 e. The van der Waals surface area contributed by atoms with Crippen molar-refractivity contribution in [1.29, 1.82) is 0 Å². The topological polar surface area (TPSA) is 41.1 Å². The largest absolute Gasteiger partial charge is 0.350 e. The van der Waals surface area contributed by atoms with E-state index in [9.17, 15) is 4.79 Å². The van der Waals surface area contributed by atoms with Gasteiger partial charge in [0.1, 0.15) is 0 Å². The Labute approximate surface area is 125 Å². The first-order valence-electron chi connectivity index (χ1n) is 7.21. The molecule has 110 valence electrons. The summed E-state index contributed by atoms with van der Waals surface area (Å²) in [6, 6.07) is 10.4. The van der Waals surface area contributed by atoms with Gasteiger partial charge in [0, 0.05) is 15.7 Å². The minimum atomic E-state index is -0.168. The van der Waals surface area contributed by atoms with Crippen LogP contribution >= 0.6 is 11.8 Å². The van der Waals surface area contributed by atoms with Crippen molar-refractivity contribution in [3.8, 4) is 0 Å². The molecular formula is C16H24N2OS.